The van der Waals surface area contributed by atoms with Crippen molar-refractivity contribution in [3.05, 3.63) is 35.4 Å². The molecule has 0 aliphatic carbocycles. The maximum Gasteiger partial charge on any atom is 0.220 e. The van der Waals surface area contributed by atoms with Crippen molar-refractivity contribution in [1.82, 2.24) is 10.6 Å². The van der Waals surface area contributed by atoms with Gasteiger partial charge in [-0.2, -0.15) is 0 Å². The molecule has 0 atom stereocenters. The van der Waals surface area contributed by atoms with E-state index >= 15 is 0 Å². The number of benzene rings is 1. The Kier molecular flexibility index (Phi) is 5.56. The zero-order chi connectivity index (χ0) is 12.7. The molecule has 3 nitrogen and oxygen atoms in total. The Bertz CT molecular complexity index is 383. The molecule has 2 N–H and O–H groups in total. The molecule has 94 valence electrons. The minimum atomic E-state index is -0.896. The van der Waals surface area contributed by atoms with Crippen LogP contribution >= 0.6 is 0 Å². The third-order valence-electron chi connectivity index (χ3n) is 2.30. The Labute approximate surface area is 99.2 Å². The van der Waals surface area contributed by atoms with Crippen molar-refractivity contribution in [3.8, 4) is 0 Å². The van der Waals surface area contributed by atoms with Gasteiger partial charge in [0.1, 0.15) is 0 Å². The number of hydrogen-bond donors (Lipinski definition) is 2. The number of halogens is 2. The van der Waals surface area contributed by atoms with Gasteiger partial charge in [0.25, 0.3) is 0 Å². The molecule has 1 aromatic carbocycles. The maximum atomic E-state index is 12.9. The SMILES string of the molecule is CNCCCC(=O)NCc1ccc(F)c(F)c1. The summed E-state index contributed by atoms with van der Waals surface area (Å²) in [5, 5.41) is 5.59. The molecule has 0 heterocycles. The highest BCUT2D eigenvalue weighted by molar-refractivity contribution is 5.75. The smallest absolute Gasteiger partial charge is 0.220 e. The lowest BCUT2D eigenvalue weighted by molar-refractivity contribution is -0.121. The molecule has 0 bridgehead atoms. The molecule has 17 heavy (non-hydrogen) atoms. The Morgan fingerprint density at radius 2 is 2.06 bits per heavy atom. The standard InChI is InChI=1S/C12H16F2N2O/c1-15-6-2-3-12(17)16-8-9-4-5-10(13)11(14)7-9/h4-5,7,15H,2-3,6,8H2,1H3,(H,16,17). The predicted octanol–water partition coefficient (Wildman–Crippen LogP) is 1.58. The molecule has 0 aliphatic heterocycles. The summed E-state index contributed by atoms with van der Waals surface area (Å²) < 4.78 is 25.5. The summed E-state index contributed by atoms with van der Waals surface area (Å²) in [5.41, 5.74) is 0.547. The molecule has 1 rings (SSSR count). The van der Waals surface area contributed by atoms with Crippen LogP contribution in [0, 0.1) is 11.6 Å². The molecule has 0 saturated carbocycles. The van der Waals surface area contributed by atoms with Crippen LogP contribution < -0.4 is 10.6 Å². The van der Waals surface area contributed by atoms with Crippen LogP contribution in [0.25, 0.3) is 0 Å². The van der Waals surface area contributed by atoms with Gasteiger partial charge in [-0.05, 0) is 37.7 Å². The maximum absolute atomic E-state index is 12.9. The van der Waals surface area contributed by atoms with Gasteiger partial charge in [-0.15, -0.1) is 0 Å². The molecule has 5 heteroatoms. The zero-order valence-corrected chi connectivity index (χ0v) is 9.72. The van der Waals surface area contributed by atoms with Crippen LogP contribution in [-0.4, -0.2) is 19.5 Å². The van der Waals surface area contributed by atoms with E-state index < -0.39 is 11.6 Å². The Balaban J connectivity index is 2.34. The number of rotatable bonds is 6. The first-order valence-electron chi connectivity index (χ1n) is 5.48. The molecule has 1 aromatic rings. The van der Waals surface area contributed by atoms with Gasteiger partial charge in [-0.25, -0.2) is 8.78 Å². The molecule has 0 spiro atoms. The molecule has 0 aromatic heterocycles. The highest BCUT2D eigenvalue weighted by Crippen LogP contribution is 2.08. The molecular formula is C12H16F2N2O. The van der Waals surface area contributed by atoms with Crippen LogP contribution in [0.15, 0.2) is 18.2 Å². The van der Waals surface area contributed by atoms with Crippen molar-refractivity contribution in [2.75, 3.05) is 13.6 Å². The van der Waals surface area contributed by atoms with Gasteiger partial charge in [0, 0.05) is 13.0 Å². The van der Waals surface area contributed by atoms with E-state index in [9.17, 15) is 13.6 Å². The Morgan fingerprint density at radius 1 is 1.29 bits per heavy atom. The fourth-order valence-corrected chi connectivity index (χ4v) is 1.36. The Hall–Kier alpha value is -1.49. The summed E-state index contributed by atoms with van der Waals surface area (Å²) in [5.74, 6) is -1.87. The van der Waals surface area contributed by atoms with E-state index in [1.807, 2.05) is 7.05 Å². The van der Waals surface area contributed by atoms with E-state index in [4.69, 9.17) is 0 Å². The van der Waals surface area contributed by atoms with Gasteiger partial charge < -0.3 is 10.6 Å². The summed E-state index contributed by atoms with van der Waals surface area (Å²) >= 11 is 0. The number of hydrogen-bond acceptors (Lipinski definition) is 2. The van der Waals surface area contributed by atoms with Crippen molar-refractivity contribution in [2.24, 2.45) is 0 Å². The van der Waals surface area contributed by atoms with Crippen molar-refractivity contribution in [3.63, 3.8) is 0 Å². The van der Waals surface area contributed by atoms with Gasteiger partial charge in [0.15, 0.2) is 11.6 Å². The van der Waals surface area contributed by atoms with Gasteiger partial charge in [0.05, 0.1) is 0 Å². The lowest BCUT2D eigenvalue weighted by Crippen LogP contribution is -2.23. The van der Waals surface area contributed by atoms with E-state index in [-0.39, 0.29) is 12.5 Å². The average molecular weight is 242 g/mol. The van der Waals surface area contributed by atoms with E-state index in [2.05, 4.69) is 10.6 Å². The second-order valence-electron chi connectivity index (χ2n) is 3.73. The topological polar surface area (TPSA) is 41.1 Å². The molecule has 0 aliphatic rings. The largest absolute Gasteiger partial charge is 0.352 e. The summed E-state index contributed by atoms with van der Waals surface area (Å²) in [7, 11) is 1.82. The van der Waals surface area contributed by atoms with Gasteiger partial charge in [-0.1, -0.05) is 6.07 Å². The lowest BCUT2D eigenvalue weighted by Gasteiger charge is -2.05. The van der Waals surface area contributed by atoms with E-state index in [0.717, 1.165) is 25.1 Å². The van der Waals surface area contributed by atoms with E-state index in [1.165, 1.54) is 6.07 Å². The third kappa shape index (κ3) is 4.91. The van der Waals surface area contributed by atoms with Crippen molar-refractivity contribution >= 4 is 5.91 Å². The fraction of sp³-hybridized carbons (Fsp3) is 0.417. The lowest BCUT2D eigenvalue weighted by atomic mass is 10.2. The predicted molar refractivity (Wildman–Crippen MR) is 61.4 cm³/mol. The van der Waals surface area contributed by atoms with Crippen molar-refractivity contribution in [1.29, 1.82) is 0 Å². The van der Waals surface area contributed by atoms with Crippen LogP contribution in [0.1, 0.15) is 18.4 Å². The van der Waals surface area contributed by atoms with Crippen LogP contribution in [0.3, 0.4) is 0 Å². The zero-order valence-electron chi connectivity index (χ0n) is 9.72. The van der Waals surface area contributed by atoms with Crippen LogP contribution in [0.4, 0.5) is 8.78 Å². The van der Waals surface area contributed by atoms with Crippen molar-refractivity contribution < 1.29 is 13.6 Å². The summed E-state index contributed by atoms with van der Waals surface area (Å²) in [4.78, 5) is 11.3. The van der Waals surface area contributed by atoms with E-state index in [1.54, 1.807) is 0 Å². The second-order valence-corrected chi connectivity index (χ2v) is 3.73. The normalized spacial score (nSPS) is 10.3. The minimum Gasteiger partial charge on any atom is -0.352 e. The summed E-state index contributed by atoms with van der Waals surface area (Å²) in [6, 6.07) is 3.59. The van der Waals surface area contributed by atoms with Crippen molar-refractivity contribution in [2.45, 2.75) is 19.4 Å². The quantitative estimate of drug-likeness (QED) is 0.744. The van der Waals surface area contributed by atoms with Crippen LogP contribution in [0.5, 0.6) is 0 Å². The number of carbonyl (C=O) groups is 1. The molecular weight excluding hydrogens is 226 g/mol. The Morgan fingerprint density at radius 3 is 2.71 bits per heavy atom. The highest BCUT2D eigenvalue weighted by Gasteiger charge is 2.04. The minimum absolute atomic E-state index is 0.0926. The van der Waals surface area contributed by atoms with Gasteiger partial charge in [-0.3, -0.25) is 4.79 Å². The molecule has 0 radical (unpaired) electrons. The molecule has 0 unspecified atom stereocenters. The third-order valence-corrected chi connectivity index (χ3v) is 2.30. The molecule has 0 saturated heterocycles. The number of amides is 1. The van der Waals surface area contributed by atoms with E-state index in [0.29, 0.717) is 12.0 Å². The second kappa shape index (κ2) is 6.96. The fourth-order valence-electron chi connectivity index (χ4n) is 1.36. The first-order valence-corrected chi connectivity index (χ1v) is 5.48. The monoisotopic (exact) mass is 242 g/mol. The number of carbonyl (C=O) groups excluding carboxylic acids is 1. The molecule has 1 amide bonds. The highest BCUT2D eigenvalue weighted by atomic mass is 19.2. The summed E-state index contributed by atoms with van der Waals surface area (Å²) in [6.45, 7) is 0.994. The first-order chi connectivity index (χ1) is 8.13. The summed E-state index contributed by atoms with van der Waals surface area (Å²) in [6.07, 6.45) is 1.17. The van der Waals surface area contributed by atoms with Crippen LogP contribution in [0.2, 0.25) is 0 Å². The number of nitrogens with one attached hydrogen (secondary N) is 2. The van der Waals surface area contributed by atoms with Gasteiger partial charge >= 0.3 is 0 Å². The molecule has 0 fully saturated rings. The van der Waals surface area contributed by atoms with Gasteiger partial charge in [0.2, 0.25) is 5.91 Å². The van der Waals surface area contributed by atoms with Crippen LogP contribution in [-0.2, 0) is 11.3 Å². The average Bonchev–Trinajstić information content (AvgIpc) is 2.31. The first kappa shape index (κ1) is 13.6.